The number of nitrogens with zero attached hydrogens (tertiary/aromatic N) is 2. The van der Waals surface area contributed by atoms with E-state index in [4.69, 9.17) is 9.31 Å². The number of carbonyl (C=O) groups is 1. The van der Waals surface area contributed by atoms with Gasteiger partial charge in [-0.25, -0.2) is 0 Å². The Balaban J connectivity index is 1.39. The first-order chi connectivity index (χ1) is 14.2. The minimum Gasteiger partial charge on any atom is -0.399 e. The molecule has 5 nitrogen and oxygen atoms in total. The SMILES string of the molecule is CC1(C)CN([C@H]2C[C@@H](N3C(=O)C(C)(C)c4ccc(B5OC(C)(C)C(C)(C)O5)cc43)C2)C1. The van der Waals surface area contributed by atoms with Crippen molar-refractivity contribution in [3.63, 3.8) is 0 Å². The van der Waals surface area contributed by atoms with Crippen LogP contribution in [-0.4, -0.2) is 54.3 Å². The Bertz CT molecular complexity index is 909. The third-order valence-corrected chi connectivity index (χ3v) is 8.47. The molecule has 6 heteroatoms. The van der Waals surface area contributed by atoms with Gasteiger partial charge in [-0.05, 0) is 76.9 Å². The molecule has 1 aromatic rings. The summed E-state index contributed by atoms with van der Waals surface area (Å²) in [7, 11) is -0.409. The summed E-state index contributed by atoms with van der Waals surface area (Å²) in [4.78, 5) is 18.1. The van der Waals surface area contributed by atoms with E-state index in [1.165, 1.54) is 13.1 Å². The van der Waals surface area contributed by atoms with Crippen molar-refractivity contribution in [1.82, 2.24) is 4.90 Å². The van der Waals surface area contributed by atoms with Crippen molar-refractivity contribution in [1.29, 1.82) is 0 Å². The minimum atomic E-state index is -0.492. The van der Waals surface area contributed by atoms with Crippen LogP contribution >= 0.6 is 0 Å². The second-order valence-electron chi connectivity index (χ2n) is 12.5. The van der Waals surface area contributed by atoms with Gasteiger partial charge >= 0.3 is 7.12 Å². The first-order valence-corrected chi connectivity index (χ1v) is 11.8. The zero-order valence-electron chi connectivity index (χ0n) is 20.4. The fourth-order valence-corrected chi connectivity index (χ4v) is 5.67. The smallest absolute Gasteiger partial charge is 0.399 e. The quantitative estimate of drug-likeness (QED) is 0.697. The minimum absolute atomic E-state index is 0.223. The molecule has 5 rings (SSSR count). The standard InChI is InChI=1S/C25H37BN2O3/c1-22(2)14-27(15-22)17-12-18(13-17)28-20-11-16(9-10-19(20)23(3,4)21(28)29)26-30-24(5,6)25(7,8)31-26/h9-11,17-18H,12-15H2,1-8H3/t17-,18+. The summed E-state index contributed by atoms with van der Waals surface area (Å²) in [6.07, 6.45) is 2.14. The number of amides is 1. The van der Waals surface area contributed by atoms with E-state index in [1.807, 2.05) is 0 Å². The predicted octanol–water partition coefficient (Wildman–Crippen LogP) is 3.48. The van der Waals surface area contributed by atoms with Crippen LogP contribution in [0.4, 0.5) is 5.69 Å². The van der Waals surface area contributed by atoms with Crippen LogP contribution < -0.4 is 10.4 Å². The summed E-state index contributed by atoms with van der Waals surface area (Å²) < 4.78 is 12.6. The molecule has 1 aromatic carbocycles. The van der Waals surface area contributed by atoms with Gasteiger partial charge in [-0.2, -0.15) is 0 Å². The van der Waals surface area contributed by atoms with Crippen molar-refractivity contribution < 1.29 is 14.1 Å². The molecule has 3 aliphatic heterocycles. The van der Waals surface area contributed by atoms with E-state index < -0.39 is 12.5 Å². The highest BCUT2D eigenvalue weighted by molar-refractivity contribution is 6.62. The summed E-state index contributed by atoms with van der Waals surface area (Å²) in [5.74, 6) is 0.223. The summed E-state index contributed by atoms with van der Waals surface area (Å²) in [6.45, 7) is 19.4. The van der Waals surface area contributed by atoms with E-state index in [9.17, 15) is 4.79 Å². The van der Waals surface area contributed by atoms with Gasteiger partial charge in [0, 0.05) is 30.9 Å². The lowest BCUT2D eigenvalue weighted by atomic mass is 9.76. The van der Waals surface area contributed by atoms with Gasteiger partial charge in [0.2, 0.25) is 5.91 Å². The van der Waals surface area contributed by atoms with Gasteiger partial charge in [0.25, 0.3) is 0 Å². The monoisotopic (exact) mass is 424 g/mol. The van der Waals surface area contributed by atoms with Gasteiger partial charge in [0.05, 0.1) is 16.6 Å². The van der Waals surface area contributed by atoms with Crippen molar-refractivity contribution in [3.8, 4) is 0 Å². The third kappa shape index (κ3) is 3.12. The molecule has 2 saturated heterocycles. The summed E-state index contributed by atoms with van der Waals surface area (Å²) >= 11 is 0. The molecular weight excluding hydrogens is 387 g/mol. The number of anilines is 1. The number of hydrogen-bond acceptors (Lipinski definition) is 4. The van der Waals surface area contributed by atoms with Gasteiger partial charge in [-0.15, -0.1) is 0 Å². The van der Waals surface area contributed by atoms with Crippen molar-refractivity contribution in [2.75, 3.05) is 18.0 Å². The first-order valence-electron chi connectivity index (χ1n) is 11.8. The average molecular weight is 424 g/mol. The Labute approximate surface area is 187 Å². The molecule has 0 bridgehead atoms. The molecule has 3 fully saturated rings. The van der Waals surface area contributed by atoms with Crippen molar-refractivity contribution in [3.05, 3.63) is 23.8 Å². The predicted molar refractivity (Wildman–Crippen MR) is 125 cm³/mol. The number of likely N-dealkylation sites (tertiary alicyclic amines) is 1. The maximum absolute atomic E-state index is 13.5. The van der Waals surface area contributed by atoms with Crippen LogP contribution in [-0.2, 0) is 19.5 Å². The summed E-state index contributed by atoms with van der Waals surface area (Å²) in [6, 6.07) is 7.23. The van der Waals surface area contributed by atoms with E-state index in [0.29, 0.717) is 11.5 Å². The van der Waals surface area contributed by atoms with E-state index in [1.54, 1.807) is 0 Å². The molecule has 168 valence electrons. The third-order valence-electron chi connectivity index (χ3n) is 8.47. The first kappa shape index (κ1) is 21.5. The molecule has 0 radical (unpaired) electrons. The summed E-state index contributed by atoms with van der Waals surface area (Å²) in [5, 5.41) is 0. The van der Waals surface area contributed by atoms with Gasteiger partial charge in [-0.3, -0.25) is 9.69 Å². The number of benzene rings is 1. The van der Waals surface area contributed by atoms with Gasteiger partial charge < -0.3 is 14.2 Å². The van der Waals surface area contributed by atoms with Crippen molar-refractivity contribution in [2.45, 2.75) is 96.9 Å². The van der Waals surface area contributed by atoms with Crippen LogP contribution in [0.1, 0.15) is 73.8 Å². The van der Waals surface area contributed by atoms with E-state index >= 15 is 0 Å². The van der Waals surface area contributed by atoms with Crippen LogP contribution in [0.25, 0.3) is 0 Å². The number of rotatable bonds is 3. The van der Waals surface area contributed by atoms with E-state index in [2.05, 4.69) is 83.4 Å². The zero-order chi connectivity index (χ0) is 22.6. The lowest BCUT2D eigenvalue weighted by Crippen LogP contribution is -2.64. The highest BCUT2D eigenvalue weighted by Gasteiger charge is 2.54. The maximum atomic E-state index is 13.5. The average Bonchev–Trinajstić information content (AvgIpc) is 2.92. The number of fused-ring (bicyclic) bond motifs is 1. The lowest BCUT2D eigenvalue weighted by Gasteiger charge is -2.55. The molecule has 0 aromatic heterocycles. The normalized spacial score (nSPS) is 32.6. The molecule has 0 spiro atoms. The lowest BCUT2D eigenvalue weighted by molar-refractivity contribution is -0.123. The second-order valence-corrected chi connectivity index (χ2v) is 12.5. The van der Waals surface area contributed by atoms with Crippen LogP contribution in [0.5, 0.6) is 0 Å². The molecule has 1 aliphatic carbocycles. The number of hydrogen-bond donors (Lipinski definition) is 0. The zero-order valence-corrected chi connectivity index (χ0v) is 20.4. The Hall–Kier alpha value is -1.37. The Kier molecular flexibility index (Phi) is 4.41. The largest absolute Gasteiger partial charge is 0.494 e. The van der Waals surface area contributed by atoms with Gasteiger partial charge in [0.15, 0.2) is 0 Å². The van der Waals surface area contributed by atoms with Crippen LogP contribution in [0.15, 0.2) is 18.2 Å². The molecule has 1 amide bonds. The molecular formula is C25H37BN2O3. The van der Waals surface area contributed by atoms with Crippen molar-refractivity contribution >= 4 is 24.2 Å². The molecule has 1 saturated carbocycles. The molecule has 0 atom stereocenters. The van der Waals surface area contributed by atoms with Crippen LogP contribution in [0.2, 0.25) is 0 Å². The maximum Gasteiger partial charge on any atom is 0.494 e. The van der Waals surface area contributed by atoms with Gasteiger partial charge in [-0.1, -0.05) is 26.0 Å². The number of carbonyl (C=O) groups excluding carboxylic acids is 1. The highest BCUT2D eigenvalue weighted by atomic mass is 16.7. The topological polar surface area (TPSA) is 42.0 Å². The van der Waals surface area contributed by atoms with Crippen LogP contribution in [0.3, 0.4) is 0 Å². The fraction of sp³-hybridized carbons (Fsp3) is 0.720. The van der Waals surface area contributed by atoms with E-state index in [0.717, 1.165) is 29.6 Å². The second kappa shape index (κ2) is 6.36. The van der Waals surface area contributed by atoms with Crippen LogP contribution in [0, 0.1) is 5.41 Å². The molecule has 0 unspecified atom stereocenters. The van der Waals surface area contributed by atoms with Crippen molar-refractivity contribution in [2.24, 2.45) is 5.41 Å². The van der Waals surface area contributed by atoms with Gasteiger partial charge in [0.1, 0.15) is 0 Å². The Morgan fingerprint density at radius 1 is 0.903 bits per heavy atom. The molecule has 3 heterocycles. The Morgan fingerprint density at radius 2 is 1.48 bits per heavy atom. The molecule has 31 heavy (non-hydrogen) atoms. The van der Waals surface area contributed by atoms with E-state index in [-0.39, 0.29) is 23.2 Å². The Morgan fingerprint density at radius 3 is 2.03 bits per heavy atom. The fourth-order valence-electron chi connectivity index (χ4n) is 5.67. The summed E-state index contributed by atoms with van der Waals surface area (Å²) in [5.41, 5.74) is 2.36. The molecule has 4 aliphatic rings. The molecule has 0 N–H and O–H groups in total. The highest BCUT2D eigenvalue weighted by Crippen LogP contribution is 2.47.